The first-order valence-corrected chi connectivity index (χ1v) is 4.31. The van der Waals surface area contributed by atoms with Gasteiger partial charge >= 0.3 is 5.97 Å². The molecule has 0 saturated heterocycles. The van der Waals surface area contributed by atoms with Crippen molar-refractivity contribution in [2.75, 3.05) is 11.9 Å². The van der Waals surface area contributed by atoms with Gasteiger partial charge in [0, 0.05) is 12.3 Å². The Morgan fingerprint density at radius 2 is 2.40 bits per heavy atom. The van der Waals surface area contributed by atoms with Crippen molar-refractivity contribution >= 4 is 21.9 Å². The summed E-state index contributed by atoms with van der Waals surface area (Å²) in [5.74, 6) is -0.0218. The van der Waals surface area contributed by atoms with Crippen molar-refractivity contribution in [1.82, 2.24) is 0 Å². The maximum Gasteiger partial charge on any atom is 0.302 e. The first kappa shape index (κ1) is 9.95. The molecule has 0 aromatic carbocycles. The standard InChI is InChI=1S/C7H12BrO2/c1-6(3-4-8)5-10-7(2)9/h6H,1,3-5H2,2H3. The van der Waals surface area contributed by atoms with Crippen LogP contribution in [0.3, 0.4) is 0 Å². The van der Waals surface area contributed by atoms with Gasteiger partial charge in [-0.2, -0.15) is 0 Å². The van der Waals surface area contributed by atoms with Gasteiger partial charge in [0.05, 0.1) is 6.61 Å². The molecule has 0 amide bonds. The summed E-state index contributed by atoms with van der Waals surface area (Å²) in [7, 11) is 0. The summed E-state index contributed by atoms with van der Waals surface area (Å²) in [6, 6.07) is 0. The van der Waals surface area contributed by atoms with Gasteiger partial charge in [0.2, 0.25) is 0 Å². The number of ether oxygens (including phenoxy) is 1. The summed E-state index contributed by atoms with van der Waals surface area (Å²) in [4.78, 5) is 10.3. The lowest BCUT2D eigenvalue weighted by Gasteiger charge is -2.07. The van der Waals surface area contributed by atoms with Crippen molar-refractivity contribution in [3.8, 4) is 0 Å². The molecule has 0 aliphatic carbocycles. The third-order valence-corrected chi connectivity index (χ3v) is 1.50. The quantitative estimate of drug-likeness (QED) is 0.520. The summed E-state index contributed by atoms with van der Waals surface area (Å²) in [5, 5.41) is 0.905. The zero-order valence-corrected chi connectivity index (χ0v) is 7.69. The zero-order valence-electron chi connectivity index (χ0n) is 6.10. The minimum atomic E-state index is -0.233. The van der Waals surface area contributed by atoms with Gasteiger partial charge in [-0.05, 0) is 19.3 Å². The number of carbonyl (C=O) groups excluding carboxylic acids is 1. The second-order valence-corrected chi connectivity index (χ2v) is 2.94. The number of esters is 1. The molecule has 3 heteroatoms. The van der Waals surface area contributed by atoms with Crippen LogP contribution in [0, 0.1) is 12.8 Å². The van der Waals surface area contributed by atoms with E-state index in [1.807, 2.05) is 0 Å². The van der Waals surface area contributed by atoms with E-state index < -0.39 is 0 Å². The van der Waals surface area contributed by atoms with Crippen molar-refractivity contribution in [2.45, 2.75) is 13.3 Å². The predicted octanol–water partition coefficient (Wildman–Crippen LogP) is 1.78. The van der Waals surface area contributed by atoms with E-state index in [1.54, 1.807) is 0 Å². The third-order valence-electron chi connectivity index (χ3n) is 1.04. The molecule has 1 atom stereocenters. The topological polar surface area (TPSA) is 26.3 Å². The monoisotopic (exact) mass is 207 g/mol. The summed E-state index contributed by atoms with van der Waals surface area (Å²) in [6.07, 6.45) is 0.938. The van der Waals surface area contributed by atoms with Crippen LogP contribution in [0.5, 0.6) is 0 Å². The molecule has 0 saturated carbocycles. The van der Waals surface area contributed by atoms with Crippen LogP contribution in [0.2, 0.25) is 0 Å². The lowest BCUT2D eigenvalue weighted by atomic mass is 10.1. The number of hydrogen-bond acceptors (Lipinski definition) is 2. The minimum Gasteiger partial charge on any atom is -0.466 e. The second kappa shape index (κ2) is 5.71. The molecule has 0 aromatic heterocycles. The Morgan fingerprint density at radius 1 is 1.80 bits per heavy atom. The molecule has 0 rings (SSSR count). The van der Waals surface area contributed by atoms with Crippen molar-refractivity contribution < 1.29 is 9.53 Å². The van der Waals surface area contributed by atoms with Crippen LogP contribution < -0.4 is 0 Å². The second-order valence-electron chi connectivity index (χ2n) is 2.15. The van der Waals surface area contributed by atoms with Gasteiger partial charge in [-0.1, -0.05) is 15.9 Å². The molecule has 1 unspecified atom stereocenters. The SMILES string of the molecule is [CH2]C(CCBr)COC(C)=O. The van der Waals surface area contributed by atoms with E-state index in [4.69, 9.17) is 4.74 Å². The maximum atomic E-state index is 10.3. The molecular formula is C7H12BrO2. The van der Waals surface area contributed by atoms with Gasteiger partial charge in [-0.15, -0.1) is 0 Å². The lowest BCUT2D eigenvalue weighted by Crippen LogP contribution is -2.09. The molecule has 10 heavy (non-hydrogen) atoms. The van der Waals surface area contributed by atoms with Crippen LogP contribution in [-0.4, -0.2) is 17.9 Å². The summed E-state index contributed by atoms with van der Waals surface area (Å²) >= 11 is 3.28. The van der Waals surface area contributed by atoms with Gasteiger partial charge in [0.15, 0.2) is 0 Å². The van der Waals surface area contributed by atoms with E-state index in [0.717, 1.165) is 11.8 Å². The van der Waals surface area contributed by atoms with Gasteiger partial charge in [-0.3, -0.25) is 4.79 Å². The fourth-order valence-corrected chi connectivity index (χ4v) is 1.12. The van der Waals surface area contributed by atoms with Crippen LogP contribution in [0.4, 0.5) is 0 Å². The van der Waals surface area contributed by atoms with Crippen LogP contribution in [0.25, 0.3) is 0 Å². The predicted molar refractivity (Wildman–Crippen MR) is 43.9 cm³/mol. The van der Waals surface area contributed by atoms with Crippen LogP contribution >= 0.6 is 15.9 Å². The zero-order chi connectivity index (χ0) is 7.98. The van der Waals surface area contributed by atoms with Crippen molar-refractivity contribution in [1.29, 1.82) is 0 Å². The number of rotatable bonds is 4. The highest BCUT2D eigenvalue weighted by Gasteiger charge is 2.02. The van der Waals surface area contributed by atoms with E-state index >= 15 is 0 Å². The molecule has 0 fully saturated rings. The Bertz CT molecular complexity index is 104. The Balaban J connectivity index is 3.21. The molecule has 59 valence electrons. The number of alkyl halides is 1. The van der Waals surface area contributed by atoms with Crippen LogP contribution in [0.15, 0.2) is 0 Å². The van der Waals surface area contributed by atoms with Crippen LogP contribution in [0.1, 0.15) is 13.3 Å². The van der Waals surface area contributed by atoms with Crippen LogP contribution in [-0.2, 0) is 9.53 Å². The first-order valence-electron chi connectivity index (χ1n) is 3.19. The van der Waals surface area contributed by atoms with E-state index in [1.165, 1.54) is 6.92 Å². The molecule has 0 heterocycles. The fraction of sp³-hybridized carbons (Fsp3) is 0.714. The Labute approximate surface area is 70.1 Å². The number of carbonyl (C=O) groups is 1. The molecule has 0 aliphatic heterocycles. The fourth-order valence-electron chi connectivity index (χ4n) is 0.473. The molecule has 0 bridgehead atoms. The van der Waals surface area contributed by atoms with Gasteiger partial charge in [-0.25, -0.2) is 0 Å². The van der Waals surface area contributed by atoms with E-state index in [0.29, 0.717) is 6.61 Å². The highest BCUT2D eigenvalue weighted by atomic mass is 79.9. The Morgan fingerprint density at radius 3 is 2.80 bits per heavy atom. The van der Waals surface area contributed by atoms with Gasteiger partial charge < -0.3 is 4.74 Å². The highest BCUT2D eigenvalue weighted by Crippen LogP contribution is 2.03. The molecule has 0 aromatic rings. The largest absolute Gasteiger partial charge is 0.466 e. The molecule has 1 radical (unpaired) electrons. The summed E-state index contributed by atoms with van der Waals surface area (Å²) in [5.41, 5.74) is 0. The average Bonchev–Trinajstić information content (AvgIpc) is 1.85. The maximum absolute atomic E-state index is 10.3. The Hall–Kier alpha value is -0.0500. The number of hydrogen-bond donors (Lipinski definition) is 0. The smallest absolute Gasteiger partial charge is 0.302 e. The Kier molecular flexibility index (Phi) is 5.69. The molecule has 0 N–H and O–H groups in total. The van der Waals surface area contributed by atoms with Crippen molar-refractivity contribution in [3.63, 3.8) is 0 Å². The summed E-state index contributed by atoms with van der Waals surface area (Å²) in [6.45, 7) is 5.63. The van der Waals surface area contributed by atoms with Crippen molar-refractivity contribution in [2.24, 2.45) is 5.92 Å². The molecule has 0 spiro atoms. The summed E-state index contributed by atoms with van der Waals surface area (Å²) < 4.78 is 4.73. The lowest BCUT2D eigenvalue weighted by molar-refractivity contribution is -0.141. The average molecular weight is 208 g/mol. The third kappa shape index (κ3) is 6.08. The van der Waals surface area contributed by atoms with E-state index in [2.05, 4.69) is 22.9 Å². The van der Waals surface area contributed by atoms with Crippen molar-refractivity contribution in [3.05, 3.63) is 6.92 Å². The minimum absolute atomic E-state index is 0.211. The molecule has 0 aliphatic rings. The van der Waals surface area contributed by atoms with Gasteiger partial charge in [0.1, 0.15) is 0 Å². The number of halogens is 1. The first-order chi connectivity index (χ1) is 4.66. The highest BCUT2D eigenvalue weighted by molar-refractivity contribution is 9.09. The van der Waals surface area contributed by atoms with Gasteiger partial charge in [0.25, 0.3) is 0 Å². The molecule has 2 nitrogen and oxygen atoms in total. The van der Waals surface area contributed by atoms with E-state index in [9.17, 15) is 4.79 Å². The normalized spacial score (nSPS) is 12.7. The molecular weight excluding hydrogens is 196 g/mol. The van der Waals surface area contributed by atoms with E-state index in [-0.39, 0.29) is 11.9 Å².